The number of amides is 1. The molecule has 1 heterocycles. The zero-order valence-corrected chi connectivity index (χ0v) is 17.7. The molecule has 3 N–H and O–H groups in total. The van der Waals surface area contributed by atoms with Crippen molar-refractivity contribution in [1.29, 1.82) is 0 Å². The highest BCUT2D eigenvalue weighted by Gasteiger charge is 2.11. The minimum Gasteiger partial charge on any atom is -0.370 e. The van der Waals surface area contributed by atoms with Gasteiger partial charge in [0.25, 0.3) is 0 Å². The molecule has 1 aromatic carbocycles. The molecule has 5 nitrogen and oxygen atoms in total. The molecular formula is C19H31IN4O. The predicted molar refractivity (Wildman–Crippen MR) is 115 cm³/mol. The van der Waals surface area contributed by atoms with E-state index in [0.717, 1.165) is 24.3 Å². The maximum Gasteiger partial charge on any atom is 0.224 e. The van der Waals surface area contributed by atoms with Crippen molar-refractivity contribution in [2.75, 3.05) is 18.4 Å². The van der Waals surface area contributed by atoms with Crippen LogP contribution in [0.15, 0.2) is 29.3 Å². The second-order valence-electron chi connectivity index (χ2n) is 6.92. The Labute approximate surface area is 168 Å². The maximum absolute atomic E-state index is 11.9. The molecule has 25 heavy (non-hydrogen) atoms. The van der Waals surface area contributed by atoms with Crippen LogP contribution in [0.2, 0.25) is 0 Å². The van der Waals surface area contributed by atoms with Crippen LogP contribution in [0.1, 0.15) is 51.5 Å². The van der Waals surface area contributed by atoms with Crippen LogP contribution in [-0.2, 0) is 11.3 Å². The van der Waals surface area contributed by atoms with E-state index in [2.05, 4.69) is 15.2 Å². The van der Waals surface area contributed by atoms with Crippen LogP contribution in [0.5, 0.6) is 0 Å². The number of hydrogen-bond acceptors (Lipinski definition) is 2. The molecule has 140 valence electrons. The molecule has 1 aliphatic heterocycles. The first-order valence-corrected chi connectivity index (χ1v) is 8.98. The summed E-state index contributed by atoms with van der Waals surface area (Å²) in [6, 6.07) is 7.83. The molecule has 6 heteroatoms. The monoisotopic (exact) mass is 458 g/mol. The van der Waals surface area contributed by atoms with Gasteiger partial charge in [-0.3, -0.25) is 4.79 Å². The van der Waals surface area contributed by atoms with Gasteiger partial charge < -0.3 is 16.0 Å². The molecule has 1 aliphatic rings. The van der Waals surface area contributed by atoms with Gasteiger partial charge >= 0.3 is 0 Å². The summed E-state index contributed by atoms with van der Waals surface area (Å²) in [6.07, 6.45) is 5.47. The van der Waals surface area contributed by atoms with E-state index in [0.29, 0.717) is 24.8 Å². The van der Waals surface area contributed by atoms with Crippen molar-refractivity contribution >= 4 is 41.5 Å². The van der Waals surface area contributed by atoms with Crippen molar-refractivity contribution in [2.45, 2.75) is 52.5 Å². The van der Waals surface area contributed by atoms with Crippen LogP contribution in [0, 0.1) is 5.92 Å². The van der Waals surface area contributed by atoms with Gasteiger partial charge in [0.2, 0.25) is 5.91 Å². The van der Waals surface area contributed by atoms with Crippen LogP contribution in [0.4, 0.5) is 5.69 Å². The van der Waals surface area contributed by atoms with Crippen molar-refractivity contribution in [2.24, 2.45) is 16.6 Å². The molecule has 0 aliphatic carbocycles. The quantitative estimate of drug-likeness (QED) is 0.399. The number of rotatable bonds is 5. The molecule has 1 amide bonds. The summed E-state index contributed by atoms with van der Waals surface area (Å²) < 4.78 is 0. The summed E-state index contributed by atoms with van der Waals surface area (Å²) >= 11 is 0. The number of halogens is 1. The second-order valence-corrected chi connectivity index (χ2v) is 6.92. The summed E-state index contributed by atoms with van der Waals surface area (Å²) in [5, 5.41) is 2.94. The SMILES string of the molecule is CC(C)CC(=O)Nc1cccc(CN=C(N)N2CCCCCC2)c1.I. The first-order chi connectivity index (χ1) is 11.5. The Morgan fingerprint density at radius 3 is 2.56 bits per heavy atom. The van der Waals surface area contributed by atoms with Crippen molar-refractivity contribution < 1.29 is 4.79 Å². The Morgan fingerprint density at radius 1 is 1.24 bits per heavy atom. The van der Waals surface area contributed by atoms with Gasteiger partial charge in [-0.15, -0.1) is 24.0 Å². The Bertz CT molecular complexity index is 566. The molecule has 0 bridgehead atoms. The van der Waals surface area contributed by atoms with Crippen LogP contribution in [-0.4, -0.2) is 29.9 Å². The summed E-state index contributed by atoms with van der Waals surface area (Å²) in [5.74, 6) is 1.03. The maximum atomic E-state index is 11.9. The number of nitrogens with one attached hydrogen (secondary N) is 1. The number of anilines is 1. The van der Waals surface area contributed by atoms with E-state index in [1.54, 1.807) is 0 Å². The summed E-state index contributed by atoms with van der Waals surface area (Å²) in [6.45, 7) is 6.62. The van der Waals surface area contributed by atoms with E-state index in [-0.39, 0.29) is 29.9 Å². The zero-order valence-electron chi connectivity index (χ0n) is 15.3. The van der Waals surface area contributed by atoms with E-state index in [1.807, 2.05) is 38.1 Å². The van der Waals surface area contributed by atoms with Gasteiger partial charge in [0.1, 0.15) is 0 Å². The van der Waals surface area contributed by atoms with E-state index in [1.165, 1.54) is 25.7 Å². The molecule has 0 unspecified atom stereocenters. The minimum atomic E-state index is 0. The average Bonchev–Trinajstić information content (AvgIpc) is 2.81. The number of likely N-dealkylation sites (tertiary alicyclic amines) is 1. The van der Waals surface area contributed by atoms with E-state index in [9.17, 15) is 4.79 Å². The highest BCUT2D eigenvalue weighted by atomic mass is 127. The summed E-state index contributed by atoms with van der Waals surface area (Å²) in [4.78, 5) is 18.6. The topological polar surface area (TPSA) is 70.7 Å². The van der Waals surface area contributed by atoms with Crippen LogP contribution >= 0.6 is 24.0 Å². The summed E-state index contributed by atoms with van der Waals surface area (Å²) in [7, 11) is 0. The molecular weight excluding hydrogens is 427 g/mol. The summed E-state index contributed by atoms with van der Waals surface area (Å²) in [5.41, 5.74) is 8.02. The Hall–Kier alpha value is -1.31. The fourth-order valence-electron chi connectivity index (χ4n) is 2.90. The first-order valence-electron chi connectivity index (χ1n) is 8.98. The lowest BCUT2D eigenvalue weighted by atomic mass is 10.1. The highest BCUT2D eigenvalue weighted by molar-refractivity contribution is 14.0. The number of nitrogens with zero attached hydrogens (tertiary/aromatic N) is 2. The number of carbonyl (C=O) groups is 1. The Morgan fingerprint density at radius 2 is 1.92 bits per heavy atom. The molecule has 2 rings (SSSR count). The number of aliphatic imine (C=N–C) groups is 1. The number of nitrogens with two attached hydrogens (primary N) is 1. The van der Waals surface area contributed by atoms with Crippen LogP contribution < -0.4 is 11.1 Å². The van der Waals surface area contributed by atoms with Gasteiger partial charge in [-0.1, -0.05) is 38.8 Å². The van der Waals surface area contributed by atoms with Crippen molar-refractivity contribution in [3.05, 3.63) is 29.8 Å². The largest absolute Gasteiger partial charge is 0.370 e. The van der Waals surface area contributed by atoms with Crippen LogP contribution in [0.25, 0.3) is 0 Å². The number of guanidine groups is 1. The van der Waals surface area contributed by atoms with Crippen LogP contribution in [0.3, 0.4) is 0 Å². The predicted octanol–water partition coefficient (Wildman–Crippen LogP) is 3.98. The molecule has 0 spiro atoms. The lowest BCUT2D eigenvalue weighted by molar-refractivity contribution is -0.116. The fourth-order valence-corrected chi connectivity index (χ4v) is 2.90. The minimum absolute atomic E-state index is 0. The molecule has 0 saturated carbocycles. The number of carbonyl (C=O) groups excluding carboxylic acids is 1. The third-order valence-electron chi connectivity index (χ3n) is 4.16. The van der Waals surface area contributed by atoms with Crippen molar-refractivity contribution in [3.8, 4) is 0 Å². The zero-order chi connectivity index (χ0) is 17.4. The lowest BCUT2D eigenvalue weighted by Gasteiger charge is -2.21. The Balaban J connectivity index is 0.00000312. The van der Waals surface area contributed by atoms with Gasteiger partial charge in [0.05, 0.1) is 6.54 Å². The normalized spacial score (nSPS) is 15.5. The molecule has 0 aromatic heterocycles. The van der Waals surface area contributed by atoms with Gasteiger partial charge in [0, 0.05) is 25.2 Å². The molecule has 0 radical (unpaired) electrons. The smallest absolute Gasteiger partial charge is 0.224 e. The van der Waals surface area contributed by atoms with Crippen molar-refractivity contribution in [3.63, 3.8) is 0 Å². The van der Waals surface area contributed by atoms with E-state index < -0.39 is 0 Å². The number of hydrogen-bond donors (Lipinski definition) is 2. The van der Waals surface area contributed by atoms with E-state index >= 15 is 0 Å². The molecule has 0 atom stereocenters. The molecule has 1 saturated heterocycles. The first kappa shape index (κ1) is 21.7. The average molecular weight is 458 g/mol. The Kier molecular flexibility index (Phi) is 9.85. The molecule has 1 aromatic rings. The van der Waals surface area contributed by atoms with Crippen molar-refractivity contribution in [1.82, 2.24) is 4.90 Å². The third-order valence-corrected chi connectivity index (χ3v) is 4.16. The second kappa shape index (κ2) is 11.3. The van der Waals surface area contributed by atoms with Gasteiger partial charge in [-0.2, -0.15) is 0 Å². The fraction of sp³-hybridized carbons (Fsp3) is 0.579. The van der Waals surface area contributed by atoms with Gasteiger partial charge in [-0.05, 0) is 36.5 Å². The van der Waals surface area contributed by atoms with Gasteiger partial charge in [0.15, 0.2) is 5.96 Å². The highest BCUT2D eigenvalue weighted by Crippen LogP contribution is 2.14. The lowest BCUT2D eigenvalue weighted by Crippen LogP contribution is -2.38. The number of benzene rings is 1. The standard InChI is InChI=1S/C19H30N4O.HI/c1-15(2)12-18(24)22-17-9-7-8-16(13-17)14-21-19(20)23-10-5-3-4-6-11-23;/h7-9,13,15H,3-6,10-12,14H2,1-2H3,(H2,20,21)(H,22,24);1H. The van der Waals surface area contributed by atoms with Gasteiger partial charge in [-0.25, -0.2) is 4.99 Å². The third kappa shape index (κ3) is 8.07. The van der Waals surface area contributed by atoms with E-state index in [4.69, 9.17) is 5.73 Å². The molecule has 1 fully saturated rings.